The Balaban J connectivity index is 1.47. The summed E-state index contributed by atoms with van der Waals surface area (Å²) in [5.41, 5.74) is 0.268. The van der Waals surface area contributed by atoms with Crippen molar-refractivity contribution in [3.8, 4) is 0 Å². The van der Waals surface area contributed by atoms with E-state index >= 15 is 0 Å². The molecule has 1 N–H and O–H groups in total. The maximum absolute atomic E-state index is 14.0. The van der Waals surface area contributed by atoms with E-state index in [1.807, 2.05) is 31.2 Å². The fourth-order valence-electron chi connectivity index (χ4n) is 6.38. The number of ketones is 1. The minimum absolute atomic E-state index is 0.0285. The van der Waals surface area contributed by atoms with Crippen molar-refractivity contribution in [2.75, 3.05) is 33.9 Å². The smallest absolute Gasteiger partial charge is 0.303 e. The molecule has 0 radical (unpaired) electrons. The number of likely N-dealkylation sites (N-methyl/N-ethyl adjacent to an activating group) is 1. The predicted molar refractivity (Wildman–Crippen MR) is 182 cm³/mol. The van der Waals surface area contributed by atoms with Crippen LogP contribution >= 0.6 is 22.7 Å². The van der Waals surface area contributed by atoms with Crippen LogP contribution in [0, 0.1) is 23.7 Å². The summed E-state index contributed by atoms with van der Waals surface area (Å²) in [5.74, 6) is -0.557. The topological polar surface area (TPSA) is 131 Å². The molecule has 2 amide bonds. The second-order valence-electron chi connectivity index (χ2n) is 13.8. The maximum Gasteiger partial charge on any atom is 0.303 e. The summed E-state index contributed by atoms with van der Waals surface area (Å²) in [7, 11) is 3.71. The van der Waals surface area contributed by atoms with Gasteiger partial charge in [-0.05, 0) is 44.1 Å². The molecule has 5 atom stereocenters. The Labute approximate surface area is 286 Å². The van der Waals surface area contributed by atoms with Gasteiger partial charge >= 0.3 is 5.97 Å². The third-order valence-electron chi connectivity index (χ3n) is 9.10. The Morgan fingerprint density at radius 1 is 1.15 bits per heavy atom. The number of nitrogens with zero attached hydrogens (tertiary/aromatic N) is 4. The van der Waals surface area contributed by atoms with Gasteiger partial charge in [-0.15, -0.1) is 22.7 Å². The molecule has 13 heteroatoms. The molecule has 3 heterocycles. The van der Waals surface area contributed by atoms with Gasteiger partial charge < -0.3 is 19.7 Å². The van der Waals surface area contributed by atoms with Crippen LogP contribution in [0.15, 0.2) is 17.0 Å². The fourth-order valence-corrected chi connectivity index (χ4v) is 7.92. The van der Waals surface area contributed by atoms with Crippen molar-refractivity contribution < 1.29 is 28.7 Å². The molecular weight excluding hydrogens is 639 g/mol. The molecule has 1 aliphatic carbocycles. The molecular formula is C34H51N5O6S2. The monoisotopic (exact) mass is 689 g/mol. The van der Waals surface area contributed by atoms with E-state index in [9.17, 15) is 19.2 Å². The first kappa shape index (κ1) is 37.1. The highest BCUT2D eigenvalue weighted by atomic mass is 32.1. The zero-order valence-corrected chi connectivity index (χ0v) is 30.4. The van der Waals surface area contributed by atoms with Crippen molar-refractivity contribution in [3.05, 3.63) is 32.7 Å². The van der Waals surface area contributed by atoms with E-state index in [1.54, 1.807) is 34.9 Å². The highest BCUT2D eigenvalue weighted by Gasteiger charge is 2.42. The van der Waals surface area contributed by atoms with Crippen LogP contribution in [-0.2, 0) is 30.3 Å². The largest absolute Gasteiger partial charge is 0.455 e. The highest BCUT2D eigenvalue weighted by molar-refractivity contribution is 7.10. The first-order chi connectivity index (χ1) is 22.3. The van der Waals surface area contributed by atoms with Crippen LogP contribution in [0.25, 0.3) is 0 Å². The second-order valence-corrected chi connectivity index (χ2v) is 15.6. The molecule has 1 saturated carbocycles. The average molecular weight is 690 g/mol. The van der Waals surface area contributed by atoms with E-state index in [4.69, 9.17) is 9.47 Å². The Hall–Kier alpha value is -2.74. The quantitative estimate of drug-likeness (QED) is 0.233. The van der Waals surface area contributed by atoms with E-state index in [0.717, 1.165) is 24.3 Å². The van der Waals surface area contributed by atoms with Crippen LogP contribution in [0.4, 0.5) is 0 Å². The van der Waals surface area contributed by atoms with Crippen molar-refractivity contribution >= 4 is 46.2 Å². The number of carbonyl (C=O) groups is 4. The summed E-state index contributed by atoms with van der Waals surface area (Å²) in [5, 5.41) is 8.22. The molecule has 0 aromatic carbocycles. The molecule has 2 aromatic heterocycles. The number of esters is 1. The summed E-state index contributed by atoms with van der Waals surface area (Å²) in [6.45, 7) is 11.3. The number of hydrogen-bond donors (Lipinski definition) is 1. The molecule has 0 spiro atoms. The van der Waals surface area contributed by atoms with Gasteiger partial charge in [0.2, 0.25) is 5.91 Å². The lowest BCUT2D eigenvalue weighted by atomic mass is 9.90. The van der Waals surface area contributed by atoms with Gasteiger partial charge in [-0.3, -0.25) is 24.1 Å². The molecule has 260 valence electrons. The van der Waals surface area contributed by atoms with Crippen LogP contribution in [0.3, 0.4) is 0 Å². The number of morpholine rings is 1. The van der Waals surface area contributed by atoms with E-state index < -0.39 is 18.0 Å². The molecule has 11 nitrogen and oxygen atoms in total. The third-order valence-corrected chi connectivity index (χ3v) is 10.8. The van der Waals surface area contributed by atoms with Crippen LogP contribution < -0.4 is 5.32 Å². The van der Waals surface area contributed by atoms with E-state index in [-0.39, 0.29) is 59.7 Å². The van der Waals surface area contributed by atoms with E-state index in [1.165, 1.54) is 18.3 Å². The SMILES string of the molecule is CC(=O)O[C@H](C[C@H](C(C)C)N(C)C(=O)[C@@H](CC(=O)[C@H]1COCCN1C)C1CC1)c1nc(C(=O)N[C@@H](Cc2nccs2)CC(C)C)cs1. The molecule has 2 aliphatic rings. The van der Waals surface area contributed by atoms with Gasteiger partial charge in [-0.1, -0.05) is 27.7 Å². The molecule has 47 heavy (non-hydrogen) atoms. The number of carbonyl (C=O) groups excluding carboxylic acids is 4. The van der Waals surface area contributed by atoms with Gasteiger partial charge in [-0.25, -0.2) is 9.97 Å². The molecule has 2 fully saturated rings. The Morgan fingerprint density at radius 2 is 1.89 bits per heavy atom. The number of thiazole rings is 2. The van der Waals surface area contributed by atoms with Gasteiger partial charge in [0.25, 0.3) is 5.91 Å². The fraction of sp³-hybridized carbons (Fsp3) is 0.706. The number of rotatable bonds is 17. The van der Waals surface area contributed by atoms with Crippen molar-refractivity contribution in [1.82, 2.24) is 25.1 Å². The summed E-state index contributed by atoms with van der Waals surface area (Å²) in [6, 6.07) is -0.717. The third kappa shape index (κ3) is 10.6. The Morgan fingerprint density at radius 3 is 2.49 bits per heavy atom. The second kappa shape index (κ2) is 17.1. The highest BCUT2D eigenvalue weighted by Crippen LogP contribution is 2.41. The minimum Gasteiger partial charge on any atom is -0.455 e. The molecule has 1 aliphatic heterocycles. The van der Waals surface area contributed by atoms with E-state index in [2.05, 4.69) is 29.1 Å². The summed E-state index contributed by atoms with van der Waals surface area (Å²) >= 11 is 2.84. The van der Waals surface area contributed by atoms with Crippen molar-refractivity contribution in [1.29, 1.82) is 0 Å². The number of ether oxygens (including phenoxy) is 2. The number of nitrogens with one attached hydrogen (secondary N) is 1. The lowest BCUT2D eigenvalue weighted by molar-refractivity contribution is -0.149. The number of aromatic nitrogens is 2. The van der Waals surface area contributed by atoms with Crippen LogP contribution in [0.1, 0.15) is 93.3 Å². The first-order valence-corrected chi connectivity index (χ1v) is 18.5. The predicted octanol–water partition coefficient (Wildman–Crippen LogP) is 4.78. The van der Waals surface area contributed by atoms with Gasteiger partial charge in [0.1, 0.15) is 10.7 Å². The standard InChI is InChI=1S/C34H51N5O6S2/c1-20(2)14-24(15-31-35-10-13-46-31)36-32(42)26-19-47-33(37-26)30(45-22(5)40)17-27(21(3)4)39(7)34(43)25(23-8-9-23)16-29(41)28-18-44-12-11-38(28)6/h10,13,19-21,23-25,27-28,30H,8-9,11-12,14-18H2,1-7H3,(H,36,42)/t24-,25+,27-,28-,30-/m1/s1. The average Bonchev–Trinajstić information content (AvgIpc) is 3.48. The van der Waals surface area contributed by atoms with Gasteiger partial charge in [0.05, 0.1) is 24.3 Å². The summed E-state index contributed by atoms with van der Waals surface area (Å²) < 4.78 is 11.3. The molecule has 4 rings (SSSR count). The molecule has 1 saturated heterocycles. The van der Waals surface area contributed by atoms with Crippen molar-refractivity contribution in [2.24, 2.45) is 23.7 Å². The summed E-state index contributed by atoms with van der Waals surface area (Å²) in [6.07, 6.45) is 4.84. The van der Waals surface area contributed by atoms with Gasteiger partial charge in [0, 0.05) is 74.7 Å². The molecule has 0 bridgehead atoms. The van der Waals surface area contributed by atoms with Gasteiger partial charge in [0.15, 0.2) is 11.9 Å². The first-order valence-electron chi connectivity index (χ1n) is 16.7. The van der Waals surface area contributed by atoms with Gasteiger partial charge in [-0.2, -0.15) is 0 Å². The molecule has 2 aromatic rings. The lowest BCUT2D eigenvalue weighted by Crippen LogP contribution is -2.50. The zero-order valence-electron chi connectivity index (χ0n) is 28.8. The summed E-state index contributed by atoms with van der Waals surface area (Å²) in [4.78, 5) is 65.8. The lowest BCUT2D eigenvalue weighted by Gasteiger charge is -2.36. The number of Topliss-reactive ketones (excluding diaryl/α,β-unsaturated/α-hetero) is 1. The normalized spacial score (nSPS) is 19.6. The minimum atomic E-state index is -0.738. The van der Waals surface area contributed by atoms with E-state index in [0.29, 0.717) is 43.5 Å². The maximum atomic E-state index is 14.0. The number of hydrogen-bond acceptors (Lipinski definition) is 11. The van der Waals surface area contributed by atoms with Crippen LogP contribution in [0.2, 0.25) is 0 Å². The van der Waals surface area contributed by atoms with Crippen molar-refractivity contribution in [3.63, 3.8) is 0 Å². The van der Waals surface area contributed by atoms with Crippen molar-refractivity contribution in [2.45, 2.75) is 97.4 Å². The zero-order chi connectivity index (χ0) is 34.2. The Kier molecular flexibility index (Phi) is 13.5. The van der Waals surface area contributed by atoms with Crippen LogP contribution in [-0.4, -0.2) is 95.3 Å². The number of amides is 2. The molecule has 0 unspecified atom stereocenters. The van der Waals surface area contributed by atoms with Crippen LogP contribution in [0.5, 0.6) is 0 Å². The Bertz CT molecular complexity index is 1340.